The van der Waals surface area contributed by atoms with Gasteiger partial charge in [0.1, 0.15) is 11.8 Å². The SMILES string of the molecule is COC(=O)NC[C@H]1CN(c2cc(F)c(NCCS(=O)[O-])c(F)c2)C(=O)O1. The number of ether oxygens (including phenoxy) is 2. The average molecular weight is 392 g/mol. The molecular weight excluding hydrogens is 376 g/mol. The maximum absolute atomic E-state index is 14.1. The molecule has 2 N–H and O–H groups in total. The number of rotatable bonds is 7. The van der Waals surface area contributed by atoms with E-state index < -0.39 is 46.7 Å². The second kappa shape index (κ2) is 8.76. The van der Waals surface area contributed by atoms with Crippen LogP contribution in [0.4, 0.5) is 29.7 Å². The molecule has 0 radical (unpaired) electrons. The molecule has 0 spiro atoms. The van der Waals surface area contributed by atoms with Gasteiger partial charge in [-0.25, -0.2) is 18.4 Å². The van der Waals surface area contributed by atoms with Crippen LogP contribution in [0.15, 0.2) is 12.1 Å². The van der Waals surface area contributed by atoms with Gasteiger partial charge in [0, 0.05) is 24.4 Å². The van der Waals surface area contributed by atoms with Crippen LogP contribution in [0.5, 0.6) is 0 Å². The highest BCUT2D eigenvalue weighted by molar-refractivity contribution is 7.79. The lowest BCUT2D eigenvalue weighted by atomic mass is 10.2. The number of nitrogens with zero attached hydrogens (tertiary/aromatic N) is 1. The first-order valence-corrected chi connectivity index (χ1v) is 8.65. The van der Waals surface area contributed by atoms with Crippen molar-refractivity contribution in [3.63, 3.8) is 0 Å². The number of halogens is 2. The van der Waals surface area contributed by atoms with E-state index in [1.54, 1.807) is 0 Å². The first kappa shape index (κ1) is 19.8. The summed E-state index contributed by atoms with van der Waals surface area (Å²) < 4.78 is 58.5. The van der Waals surface area contributed by atoms with E-state index in [2.05, 4.69) is 15.4 Å². The van der Waals surface area contributed by atoms with Crippen molar-refractivity contribution in [2.45, 2.75) is 6.10 Å². The number of methoxy groups -OCH3 is 1. The minimum Gasteiger partial charge on any atom is -0.772 e. The van der Waals surface area contributed by atoms with Crippen LogP contribution in [0.25, 0.3) is 0 Å². The standard InChI is InChI=1S/C14H17F2N3O6S/c1-24-13(20)18-6-9-7-19(14(21)25-9)8-4-10(15)12(11(16)5-8)17-2-3-26(22)23/h4-5,9,17H,2-3,6-7H2,1H3,(H,18,20)(H,22,23)/p-1/t9-/m0/s1. The van der Waals surface area contributed by atoms with Crippen LogP contribution in [-0.4, -0.2) is 59.5 Å². The first-order valence-electron chi connectivity index (χ1n) is 7.40. The highest BCUT2D eigenvalue weighted by atomic mass is 32.2. The smallest absolute Gasteiger partial charge is 0.414 e. The Labute approximate surface area is 149 Å². The number of cyclic esters (lactones) is 1. The summed E-state index contributed by atoms with van der Waals surface area (Å²) in [6, 6.07) is 1.86. The summed E-state index contributed by atoms with van der Waals surface area (Å²) >= 11 is -2.34. The lowest BCUT2D eigenvalue weighted by Crippen LogP contribution is -2.34. The van der Waals surface area contributed by atoms with Gasteiger partial charge in [-0.2, -0.15) is 0 Å². The lowest BCUT2D eigenvalue weighted by Gasteiger charge is -2.16. The summed E-state index contributed by atoms with van der Waals surface area (Å²) in [7, 11) is 1.18. The van der Waals surface area contributed by atoms with E-state index in [-0.39, 0.29) is 31.1 Å². The summed E-state index contributed by atoms with van der Waals surface area (Å²) in [6.07, 6.45) is -2.23. The third kappa shape index (κ3) is 5.02. The van der Waals surface area contributed by atoms with Gasteiger partial charge in [-0.05, 0) is 0 Å². The number of anilines is 2. The van der Waals surface area contributed by atoms with E-state index >= 15 is 0 Å². The van der Waals surface area contributed by atoms with E-state index in [0.29, 0.717) is 0 Å². The predicted octanol–water partition coefficient (Wildman–Crippen LogP) is 0.937. The number of hydrogen-bond donors (Lipinski definition) is 2. The minimum absolute atomic E-state index is 0.0220. The van der Waals surface area contributed by atoms with Gasteiger partial charge in [-0.1, -0.05) is 11.1 Å². The molecule has 1 aliphatic rings. The van der Waals surface area contributed by atoms with Crippen molar-refractivity contribution in [2.24, 2.45) is 0 Å². The molecule has 26 heavy (non-hydrogen) atoms. The molecule has 9 nitrogen and oxygen atoms in total. The molecule has 1 aromatic carbocycles. The van der Waals surface area contributed by atoms with E-state index in [9.17, 15) is 27.1 Å². The maximum atomic E-state index is 14.1. The Bertz CT molecular complexity index is 697. The Morgan fingerprint density at radius 1 is 1.46 bits per heavy atom. The van der Waals surface area contributed by atoms with Gasteiger partial charge in [0.05, 0.1) is 25.9 Å². The number of benzene rings is 1. The van der Waals surface area contributed by atoms with E-state index in [1.165, 1.54) is 7.11 Å². The third-order valence-electron chi connectivity index (χ3n) is 3.44. The van der Waals surface area contributed by atoms with Gasteiger partial charge < -0.3 is 24.7 Å². The molecule has 2 atom stereocenters. The zero-order chi connectivity index (χ0) is 19.3. The van der Waals surface area contributed by atoms with Crippen molar-refractivity contribution >= 4 is 34.6 Å². The van der Waals surface area contributed by atoms with Crippen molar-refractivity contribution < 1.29 is 36.6 Å². The molecule has 1 fully saturated rings. The summed E-state index contributed by atoms with van der Waals surface area (Å²) in [6.45, 7) is -0.216. The average Bonchev–Trinajstić information content (AvgIpc) is 2.95. The second-order valence-electron chi connectivity index (χ2n) is 5.21. The Kier molecular flexibility index (Phi) is 6.69. The maximum Gasteiger partial charge on any atom is 0.414 e. The monoisotopic (exact) mass is 392 g/mol. The van der Waals surface area contributed by atoms with Crippen LogP contribution < -0.4 is 15.5 Å². The van der Waals surface area contributed by atoms with Crippen molar-refractivity contribution in [1.29, 1.82) is 0 Å². The number of hydrogen-bond acceptors (Lipinski definition) is 7. The molecule has 1 aromatic rings. The van der Waals surface area contributed by atoms with Gasteiger partial charge in [-0.15, -0.1) is 0 Å². The van der Waals surface area contributed by atoms with Crippen molar-refractivity contribution in [2.75, 3.05) is 42.7 Å². The summed E-state index contributed by atoms with van der Waals surface area (Å²) in [4.78, 5) is 23.9. The molecular formula is C14H16F2N3O6S-. The second-order valence-corrected chi connectivity index (χ2v) is 6.22. The highest BCUT2D eigenvalue weighted by Gasteiger charge is 2.33. The normalized spacial score (nSPS) is 17.6. The fraction of sp³-hybridized carbons (Fsp3) is 0.429. The Morgan fingerprint density at radius 3 is 2.69 bits per heavy atom. The molecule has 0 bridgehead atoms. The fourth-order valence-electron chi connectivity index (χ4n) is 2.25. The summed E-state index contributed by atoms with van der Waals surface area (Å²) in [5, 5.41) is 4.71. The molecule has 144 valence electrons. The highest BCUT2D eigenvalue weighted by Crippen LogP contribution is 2.28. The Hall–Kier alpha value is -2.47. The largest absolute Gasteiger partial charge is 0.772 e. The van der Waals surface area contributed by atoms with Gasteiger partial charge in [-0.3, -0.25) is 9.11 Å². The molecule has 0 saturated carbocycles. The van der Waals surface area contributed by atoms with Crippen LogP contribution in [0.1, 0.15) is 0 Å². The van der Waals surface area contributed by atoms with Crippen molar-refractivity contribution in [3.8, 4) is 0 Å². The molecule has 2 amide bonds. The van der Waals surface area contributed by atoms with E-state index in [1.807, 2.05) is 0 Å². The quantitative estimate of drug-likeness (QED) is 0.663. The van der Waals surface area contributed by atoms with Gasteiger partial charge >= 0.3 is 12.2 Å². The predicted molar refractivity (Wildman–Crippen MR) is 86.7 cm³/mol. The van der Waals surface area contributed by atoms with Crippen LogP contribution >= 0.6 is 0 Å². The third-order valence-corrected chi connectivity index (χ3v) is 3.98. The zero-order valence-electron chi connectivity index (χ0n) is 13.6. The van der Waals surface area contributed by atoms with Gasteiger partial charge in [0.25, 0.3) is 0 Å². The molecule has 12 heteroatoms. The Morgan fingerprint density at radius 2 is 2.12 bits per heavy atom. The number of amides is 2. The van der Waals surface area contributed by atoms with Crippen LogP contribution in [-0.2, 0) is 20.6 Å². The fourth-order valence-corrected chi connectivity index (χ4v) is 2.52. The first-order chi connectivity index (χ1) is 12.3. The van der Waals surface area contributed by atoms with Gasteiger partial charge in [0.2, 0.25) is 0 Å². The van der Waals surface area contributed by atoms with E-state index in [4.69, 9.17) is 4.74 Å². The number of nitrogens with one attached hydrogen (secondary N) is 2. The van der Waals surface area contributed by atoms with Gasteiger partial charge in [0.15, 0.2) is 11.6 Å². The lowest BCUT2D eigenvalue weighted by molar-refractivity contribution is 0.132. The Balaban J connectivity index is 2.05. The number of carbonyl (C=O) groups is 2. The topological polar surface area (TPSA) is 120 Å². The van der Waals surface area contributed by atoms with Crippen LogP contribution in [0, 0.1) is 11.6 Å². The van der Waals surface area contributed by atoms with Crippen LogP contribution in [0.3, 0.4) is 0 Å². The summed E-state index contributed by atoms with van der Waals surface area (Å²) in [5.41, 5.74) is -0.556. The molecule has 0 aliphatic carbocycles. The summed E-state index contributed by atoms with van der Waals surface area (Å²) in [5.74, 6) is -2.28. The number of carbonyl (C=O) groups excluding carboxylic acids is 2. The molecule has 1 saturated heterocycles. The number of alkyl carbamates (subject to hydrolysis) is 1. The molecule has 2 rings (SSSR count). The molecule has 1 unspecified atom stereocenters. The zero-order valence-corrected chi connectivity index (χ0v) is 14.4. The van der Waals surface area contributed by atoms with Crippen molar-refractivity contribution in [1.82, 2.24) is 5.32 Å². The van der Waals surface area contributed by atoms with E-state index in [0.717, 1.165) is 17.0 Å². The molecule has 1 aliphatic heterocycles. The van der Waals surface area contributed by atoms with Crippen LogP contribution in [0.2, 0.25) is 0 Å². The molecule has 1 heterocycles. The minimum atomic E-state index is -2.34. The van der Waals surface area contributed by atoms with Crippen molar-refractivity contribution in [3.05, 3.63) is 23.8 Å². The molecule has 0 aromatic heterocycles.